The molecule has 156 valence electrons. The lowest BCUT2D eigenvalue weighted by Gasteiger charge is -2.14. The van der Waals surface area contributed by atoms with E-state index in [2.05, 4.69) is 0 Å². The predicted octanol–water partition coefficient (Wildman–Crippen LogP) is 3.22. The first-order valence-electron chi connectivity index (χ1n) is 8.74. The number of halogens is 1. The zero-order valence-corrected chi connectivity index (χ0v) is 16.7. The van der Waals surface area contributed by atoms with Crippen molar-refractivity contribution in [3.05, 3.63) is 47.3 Å². The second-order valence-corrected chi connectivity index (χ2v) is 5.96. The molecule has 0 aliphatic heterocycles. The molecule has 2 aromatic carbocycles. The summed E-state index contributed by atoms with van der Waals surface area (Å²) in [6.07, 6.45) is 0.374. The molecule has 2 aromatic rings. The summed E-state index contributed by atoms with van der Waals surface area (Å²) >= 11 is 0. The molecule has 0 heterocycles. The molecule has 0 aliphatic rings. The highest BCUT2D eigenvalue weighted by Gasteiger charge is 2.17. The largest absolute Gasteiger partial charge is 0.496 e. The van der Waals surface area contributed by atoms with E-state index in [0.29, 0.717) is 23.7 Å². The van der Waals surface area contributed by atoms with Gasteiger partial charge in [-0.05, 0) is 42.3 Å². The van der Waals surface area contributed by atoms with E-state index in [4.69, 9.17) is 23.7 Å². The van der Waals surface area contributed by atoms with Gasteiger partial charge in [-0.1, -0.05) is 0 Å². The standard InChI is InChI=1S/C21H23FO7/c1-25-17-7-6-14(22)11-15(17)16(23)12-29-20(24)8-5-13-9-18(26-2)21(28-4)19(10-13)27-3/h6-7,9-11H,5,8,12H2,1-4H3. The minimum atomic E-state index is -0.581. The van der Waals surface area contributed by atoms with Crippen LogP contribution in [0.25, 0.3) is 0 Å². The van der Waals surface area contributed by atoms with E-state index in [1.807, 2.05) is 0 Å². The normalized spacial score (nSPS) is 10.2. The Morgan fingerprint density at radius 3 is 2.03 bits per heavy atom. The number of hydrogen-bond acceptors (Lipinski definition) is 7. The molecule has 0 amide bonds. The third-order valence-corrected chi connectivity index (χ3v) is 4.17. The number of esters is 1. The molecule has 0 radical (unpaired) electrons. The molecule has 0 unspecified atom stereocenters. The van der Waals surface area contributed by atoms with Crippen molar-refractivity contribution in [1.82, 2.24) is 0 Å². The second kappa shape index (κ2) is 10.3. The molecule has 0 aliphatic carbocycles. The summed E-state index contributed by atoms with van der Waals surface area (Å²) in [6, 6.07) is 7.04. The molecule has 7 nitrogen and oxygen atoms in total. The van der Waals surface area contributed by atoms with Gasteiger partial charge in [0.05, 0.1) is 34.0 Å². The van der Waals surface area contributed by atoms with Crippen LogP contribution in [-0.4, -0.2) is 46.8 Å². The molecule has 0 saturated carbocycles. The SMILES string of the molecule is COc1ccc(F)cc1C(=O)COC(=O)CCc1cc(OC)c(OC)c(OC)c1. The maximum atomic E-state index is 13.4. The van der Waals surface area contributed by atoms with E-state index < -0.39 is 24.2 Å². The van der Waals surface area contributed by atoms with Gasteiger partial charge in [0.15, 0.2) is 18.1 Å². The summed E-state index contributed by atoms with van der Waals surface area (Å²) in [5.74, 6) is -0.0825. The zero-order chi connectivity index (χ0) is 21.4. The van der Waals surface area contributed by atoms with E-state index in [9.17, 15) is 14.0 Å². The summed E-state index contributed by atoms with van der Waals surface area (Å²) in [4.78, 5) is 24.3. The highest BCUT2D eigenvalue weighted by Crippen LogP contribution is 2.38. The van der Waals surface area contributed by atoms with Crippen LogP contribution in [0.2, 0.25) is 0 Å². The van der Waals surface area contributed by atoms with Crippen LogP contribution in [0.1, 0.15) is 22.3 Å². The van der Waals surface area contributed by atoms with Crippen LogP contribution in [-0.2, 0) is 16.0 Å². The number of methoxy groups -OCH3 is 4. The van der Waals surface area contributed by atoms with Crippen LogP contribution >= 0.6 is 0 Å². The van der Waals surface area contributed by atoms with E-state index in [0.717, 1.165) is 11.6 Å². The third kappa shape index (κ3) is 5.60. The maximum Gasteiger partial charge on any atom is 0.306 e. The molecule has 0 spiro atoms. The Labute approximate surface area is 168 Å². The zero-order valence-electron chi connectivity index (χ0n) is 16.7. The first-order valence-corrected chi connectivity index (χ1v) is 8.74. The molecule has 8 heteroatoms. The van der Waals surface area contributed by atoms with Gasteiger partial charge in [0, 0.05) is 6.42 Å². The van der Waals surface area contributed by atoms with Crippen molar-refractivity contribution in [1.29, 1.82) is 0 Å². The van der Waals surface area contributed by atoms with Gasteiger partial charge in [0.2, 0.25) is 11.5 Å². The first-order chi connectivity index (χ1) is 13.9. The van der Waals surface area contributed by atoms with Crippen molar-refractivity contribution in [3.63, 3.8) is 0 Å². The van der Waals surface area contributed by atoms with Crippen LogP contribution in [0.15, 0.2) is 30.3 Å². The molecular formula is C21H23FO7. The molecular weight excluding hydrogens is 383 g/mol. The van der Waals surface area contributed by atoms with E-state index in [-0.39, 0.29) is 17.7 Å². The molecule has 0 aromatic heterocycles. The highest BCUT2D eigenvalue weighted by molar-refractivity contribution is 6.00. The summed E-state index contributed by atoms with van der Waals surface area (Å²) in [5.41, 5.74) is 0.791. The van der Waals surface area contributed by atoms with Gasteiger partial charge in [-0.2, -0.15) is 0 Å². The Morgan fingerprint density at radius 1 is 0.862 bits per heavy atom. The maximum absolute atomic E-state index is 13.4. The fourth-order valence-corrected chi connectivity index (χ4v) is 2.72. The summed E-state index contributed by atoms with van der Waals surface area (Å²) in [6.45, 7) is -0.506. The monoisotopic (exact) mass is 406 g/mol. The van der Waals surface area contributed by atoms with Gasteiger partial charge in [-0.3, -0.25) is 9.59 Å². The molecule has 0 atom stereocenters. The fourth-order valence-electron chi connectivity index (χ4n) is 2.72. The number of ether oxygens (including phenoxy) is 5. The molecule has 0 N–H and O–H groups in total. The van der Waals surface area contributed by atoms with Crippen molar-refractivity contribution >= 4 is 11.8 Å². The third-order valence-electron chi connectivity index (χ3n) is 4.17. The van der Waals surface area contributed by atoms with Crippen LogP contribution in [0.3, 0.4) is 0 Å². The van der Waals surface area contributed by atoms with Crippen LogP contribution in [0.4, 0.5) is 4.39 Å². The fraction of sp³-hybridized carbons (Fsp3) is 0.333. The van der Waals surface area contributed by atoms with E-state index >= 15 is 0 Å². The number of hydrogen-bond donors (Lipinski definition) is 0. The number of carbonyl (C=O) groups is 2. The second-order valence-electron chi connectivity index (χ2n) is 5.96. The average Bonchev–Trinajstić information content (AvgIpc) is 2.74. The number of aryl methyl sites for hydroxylation is 1. The molecule has 29 heavy (non-hydrogen) atoms. The summed E-state index contributed by atoms with van der Waals surface area (Å²) < 4.78 is 39.3. The quantitative estimate of drug-likeness (QED) is 0.443. The van der Waals surface area contributed by atoms with Crippen molar-refractivity contribution in [2.75, 3.05) is 35.0 Å². The smallest absolute Gasteiger partial charge is 0.306 e. The van der Waals surface area contributed by atoms with Gasteiger partial charge in [0.1, 0.15) is 11.6 Å². The Balaban J connectivity index is 1.97. The van der Waals surface area contributed by atoms with Crippen molar-refractivity contribution in [3.8, 4) is 23.0 Å². The van der Waals surface area contributed by atoms with Crippen molar-refractivity contribution < 1.29 is 37.7 Å². The number of rotatable bonds is 10. The lowest BCUT2D eigenvalue weighted by Crippen LogP contribution is -2.15. The van der Waals surface area contributed by atoms with Gasteiger partial charge in [0.25, 0.3) is 0 Å². The Kier molecular flexibility index (Phi) is 7.82. The lowest BCUT2D eigenvalue weighted by atomic mass is 10.1. The van der Waals surface area contributed by atoms with Crippen molar-refractivity contribution in [2.24, 2.45) is 0 Å². The summed E-state index contributed by atoms with van der Waals surface area (Å²) in [7, 11) is 5.87. The lowest BCUT2D eigenvalue weighted by molar-refractivity contribution is -0.142. The van der Waals surface area contributed by atoms with Crippen LogP contribution in [0.5, 0.6) is 23.0 Å². The Bertz CT molecular complexity index is 854. The molecule has 0 bridgehead atoms. The van der Waals surface area contributed by atoms with Gasteiger partial charge >= 0.3 is 5.97 Å². The first kappa shape index (κ1) is 22.0. The molecule has 2 rings (SSSR count). The molecule has 0 fully saturated rings. The van der Waals surface area contributed by atoms with Crippen LogP contribution in [0, 0.1) is 5.82 Å². The van der Waals surface area contributed by atoms with E-state index in [1.165, 1.54) is 40.6 Å². The van der Waals surface area contributed by atoms with Crippen LogP contribution < -0.4 is 18.9 Å². The summed E-state index contributed by atoms with van der Waals surface area (Å²) in [5, 5.41) is 0. The number of carbonyl (C=O) groups excluding carboxylic acids is 2. The Morgan fingerprint density at radius 2 is 1.48 bits per heavy atom. The van der Waals surface area contributed by atoms with Gasteiger partial charge < -0.3 is 23.7 Å². The Hall–Kier alpha value is -3.29. The highest BCUT2D eigenvalue weighted by atomic mass is 19.1. The topological polar surface area (TPSA) is 80.3 Å². The predicted molar refractivity (Wildman–Crippen MR) is 103 cm³/mol. The number of ketones is 1. The van der Waals surface area contributed by atoms with Gasteiger partial charge in [-0.15, -0.1) is 0 Å². The minimum absolute atomic E-state index is 0.0185. The minimum Gasteiger partial charge on any atom is -0.496 e. The number of benzene rings is 2. The van der Waals surface area contributed by atoms with Gasteiger partial charge in [-0.25, -0.2) is 4.39 Å². The molecule has 0 saturated heterocycles. The van der Waals surface area contributed by atoms with Crippen molar-refractivity contribution in [2.45, 2.75) is 12.8 Å². The van der Waals surface area contributed by atoms with E-state index in [1.54, 1.807) is 12.1 Å². The average molecular weight is 406 g/mol. The number of Topliss-reactive ketones (excluding diaryl/α,β-unsaturated/α-hetero) is 1.